The first-order chi connectivity index (χ1) is 12.9. The summed E-state index contributed by atoms with van der Waals surface area (Å²) in [5.74, 6) is -1.89. The van der Waals surface area contributed by atoms with Crippen LogP contribution in [0.25, 0.3) is 0 Å². The maximum atomic E-state index is 13.7. The largest absolute Gasteiger partial charge is 0.354 e. The predicted molar refractivity (Wildman–Crippen MR) is 97.9 cm³/mol. The fraction of sp³-hybridized carbons (Fsp3) is 0.600. The number of rotatable bonds is 6. The molecule has 7 heteroatoms. The van der Waals surface area contributed by atoms with Crippen LogP contribution in [0.3, 0.4) is 0 Å². The molecule has 1 aliphatic carbocycles. The van der Waals surface area contributed by atoms with Crippen molar-refractivity contribution in [3.05, 3.63) is 35.4 Å². The van der Waals surface area contributed by atoms with E-state index >= 15 is 0 Å². The average Bonchev–Trinajstić information content (AvgIpc) is 3.18. The second-order valence-electron chi connectivity index (χ2n) is 7.84. The number of nitrogens with zero attached hydrogens (tertiary/aromatic N) is 1. The first-order valence-corrected chi connectivity index (χ1v) is 9.63. The molecule has 5 nitrogen and oxygen atoms in total. The van der Waals surface area contributed by atoms with Crippen molar-refractivity contribution in [3.63, 3.8) is 0 Å². The minimum absolute atomic E-state index is 0.0454. The molecule has 1 heterocycles. The summed E-state index contributed by atoms with van der Waals surface area (Å²) in [4.78, 5) is 25.1. The van der Waals surface area contributed by atoms with Gasteiger partial charge in [-0.05, 0) is 49.3 Å². The molecule has 27 heavy (non-hydrogen) atoms. The Kier molecular flexibility index (Phi) is 6.09. The third-order valence-corrected chi connectivity index (χ3v) is 6.23. The van der Waals surface area contributed by atoms with Gasteiger partial charge in [-0.3, -0.25) is 9.59 Å². The second-order valence-corrected chi connectivity index (χ2v) is 7.84. The van der Waals surface area contributed by atoms with Crippen LogP contribution in [-0.2, 0) is 15.0 Å². The number of halogens is 2. The van der Waals surface area contributed by atoms with Gasteiger partial charge in [-0.1, -0.05) is 18.9 Å². The molecular formula is C20H27F2N3O2. The molecule has 1 aromatic rings. The van der Waals surface area contributed by atoms with Gasteiger partial charge in [-0.2, -0.15) is 0 Å². The Morgan fingerprint density at radius 3 is 2.52 bits per heavy atom. The molecule has 2 fully saturated rings. The van der Waals surface area contributed by atoms with E-state index < -0.39 is 17.7 Å². The molecule has 1 unspecified atom stereocenters. The van der Waals surface area contributed by atoms with E-state index in [0.717, 1.165) is 43.7 Å². The summed E-state index contributed by atoms with van der Waals surface area (Å²) in [7, 11) is 0. The standard InChI is InChI=1S/C20H27F2N3O2/c21-16-4-3-15(11-17(16)22)20(7-1-2-8-20)12-24-19(27)18(23)14-5-9-25(13-26)10-6-14/h3-4,11,13-14,18H,1-2,5-10,12,23H2,(H,24,27). The summed E-state index contributed by atoms with van der Waals surface area (Å²) in [6, 6.07) is 3.40. The van der Waals surface area contributed by atoms with Gasteiger partial charge < -0.3 is 16.0 Å². The van der Waals surface area contributed by atoms with Gasteiger partial charge in [0, 0.05) is 25.0 Å². The highest BCUT2D eigenvalue weighted by atomic mass is 19.2. The zero-order valence-corrected chi connectivity index (χ0v) is 15.4. The van der Waals surface area contributed by atoms with Gasteiger partial charge in [-0.25, -0.2) is 8.78 Å². The summed E-state index contributed by atoms with van der Waals surface area (Å²) in [6.07, 6.45) is 5.88. The van der Waals surface area contributed by atoms with Crippen molar-refractivity contribution in [2.24, 2.45) is 11.7 Å². The van der Waals surface area contributed by atoms with E-state index in [1.807, 2.05) is 0 Å². The topological polar surface area (TPSA) is 75.4 Å². The predicted octanol–water partition coefficient (Wildman–Crippen LogP) is 2.09. The third kappa shape index (κ3) is 4.29. The number of hydrogen-bond acceptors (Lipinski definition) is 3. The van der Waals surface area contributed by atoms with Crippen LogP contribution in [0.15, 0.2) is 18.2 Å². The molecule has 2 amide bonds. The lowest BCUT2D eigenvalue weighted by atomic mass is 9.78. The Balaban J connectivity index is 1.63. The van der Waals surface area contributed by atoms with Crippen molar-refractivity contribution < 1.29 is 18.4 Å². The number of likely N-dealkylation sites (tertiary alicyclic amines) is 1. The monoisotopic (exact) mass is 379 g/mol. The number of nitrogens with one attached hydrogen (secondary N) is 1. The molecule has 1 aliphatic heterocycles. The fourth-order valence-electron chi connectivity index (χ4n) is 4.42. The second kappa shape index (κ2) is 8.33. The lowest BCUT2D eigenvalue weighted by Crippen LogP contribution is -2.51. The lowest BCUT2D eigenvalue weighted by Gasteiger charge is -2.34. The molecule has 0 aromatic heterocycles. The van der Waals surface area contributed by atoms with Crippen molar-refractivity contribution in [1.82, 2.24) is 10.2 Å². The van der Waals surface area contributed by atoms with Crippen LogP contribution in [0.5, 0.6) is 0 Å². The van der Waals surface area contributed by atoms with E-state index in [-0.39, 0.29) is 17.2 Å². The van der Waals surface area contributed by atoms with Gasteiger partial charge in [0.1, 0.15) is 0 Å². The van der Waals surface area contributed by atoms with Crippen molar-refractivity contribution in [1.29, 1.82) is 0 Å². The Morgan fingerprint density at radius 1 is 1.26 bits per heavy atom. The molecule has 0 spiro atoms. The highest BCUT2D eigenvalue weighted by Gasteiger charge is 2.37. The first kappa shape index (κ1) is 19.7. The molecule has 0 bridgehead atoms. The summed E-state index contributed by atoms with van der Waals surface area (Å²) in [6.45, 7) is 1.61. The van der Waals surface area contributed by atoms with E-state index in [2.05, 4.69) is 5.32 Å². The van der Waals surface area contributed by atoms with Crippen LogP contribution in [0.2, 0.25) is 0 Å². The average molecular weight is 379 g/mol. The van der Waals surface area contributed by atoms with Crippen LogP contribution >= 0.6 is 0 Å². The molecule has 2 aliphatic rings. The van der Waals surface area contributed by atoms with Crippen LogP contribution < -0.4 is 11.1 Å². The van der Waals surface area contributed by atoms with Gasteiger partial charge in [0.2, 0.25) is 12.3 Å². The van der Waals surface area contributed by atoms with Crippen LogP contribution in [0.1, 0.15) is 44.1 Å². The van der Waals surface area contributed by atoms with Gasteiger partial charge in [0.15, 0.2) is 11.6 Å². The van der Waals surface area contributed by atoms with Gasteiger partial charge in [0.25, 0.3) is 0 Å². The molecule has 3 N–H and O–H groups in total. The van der Waals surface area contributed by atoms with Crippen molar-refractivity contribution in [3.8, 4) is 0 Å². The fourth-order valence-corrected chi connectivity index (χ4v) is 4.42. The van der Waals surface area contributed by atoms with Gasteiger partial charge in [0.05, 0.1) is 6.04 Å². The van der Waals surface area contributed by atoms with Crippen molar-refractivity contribution in [2.45, 2.75) is 50.0 Å². The minimum Gasteiger partial charge on any atom is -0.354 e. The summed E-state index contributed by atoms with van der Waals surface area (Å²) >= 11 is 0. The smallest absolute Gasteiger partial charge is 0.237 e. The Morgan fingerprint density at radius 2 is 1.93 bits per heavy atom. The number of nitrogens with two attached hydrogens (primary N) is 1. The number of piperidine rings is 1. The molecule has 148 valence electrons. The summed E-state index contributed by atoms with van der Waals surface area (Å²) in [5.41, 5.74) is 6.52. The Labute approximate surface area is 158 Å². The SMILES string of the molecule is NC(C(=O)NCC1(c2ccc(F)c(F)c2)CCCC1)C1CCN(C=O)CC1. The molecule has 1 atom stereocenters. The molecule has 1 aromatic carbocycles. The van der Waals surface area contributed by atoms with E-state index in [0.29, 0.717) is 32.5 Å². The van der Waals surface area contributed by atoms with Crippen LogP contribution in [0.4, 0.5) is 8.78 Å². The summed E-state index contributed by atoms with van der Waals surface area (Å²) < 4.78 is 27.0. The van der Waals surface area contributed by atoms with Gasteiger partial charge in [-0.15, -0.1) is 0 Å². The van der Waals surface area contributed by atoms with E-state index in [4.69, 9.17) is 5.73 Å². The van der Waals surface area contributed by atoms with Crippen LogP contribution in [-0.4, -0.2) is 42.9 Å². The maximum Gasteiger partial charge on any atom is 0.237 e. The van der Waals surface area contributed by atoms with Crippen molar-refractivity contribution in [2.75, 3.05) is 19.6 Å². The zero-order chi connectivity index (χ0) is 19.4. The number of hydrogen-bond donors (Lipinski definition) is 2. The molecule has 1 saturated carbocycles. The lowest BCUT2D eigenvalue weighted by molar-refractivity contribution is -0.124. The number of benzene rings is 1. The number of carbonyl (C=O) groups excluding carboxylic acids is 2. The van der Waals surface area contributed by atoms with Gasteiger partial charge >= 0.3 is 0 Å². The van der Waals surface area contributed by atoms with E-state index in [1.54, 1.807) is 11.0 Å². The highest BCUT2D eigenvalue weighted by Crippen LogP contribution is 2.41. The quantitative estimate of drug-likeness (QED) is 0.743. The maximum absolute atomic E-state index is 13.7. The summed E-state index contributed by atoms with van der Waals surface area (Å²) in [5, 5.41) is 2.96. The third-order valence-electron chi connectivity index (χ3n) is 6.23. The Bertz CT molecular complexity index is 684. The number of amides is 2. The van der Waals surface area contributed by atoms with Crippen molar-refractivity contribution >= 4 is 12.3 Å². The van der Waals surface area contributed by atoms with Crippen LogP contribution in [0, 0.1) is 17.6 Å². The Hall–Kier alpha value is -2.02. The van der Waals surface area contributed by atoms with E-state index in [1.165, 1.54) is 6.07 Å². The normalized spacial score (nSPS) is 21.1. The van der Waals surface area contributed by atoms with E-state index in [9.17, 15) is 18.4 Å². The molecule has 1 saturated heterocycles. The minimum atomic E-state index is -0.861. The number of carbonyl (C=O) groups is 2. The highest BCUT2D eigenvalue weighted by molar-refractivity contribution is 5.82. The molecule has 3 rings (SSSR count). The molecular weight excluding hydrogens is 352 g/mol. The zero-order valence-electron chi connectivity index (χ0n) is 15.4. The first-order valence-electron chi connectivity index (χ1n) is 9.63. The molecule has 0 radical (unpaired) electrons.